The van der Waals surface area contributed by atoms with Gasteiger partial charge in [-0.3, -0.25) is 0 Å². The van der Waals surface area contributed by atoms with Crippen molar-refractivity contribution in [3.63, 3.8) is 0 Å². The van der Waals surface area contributed by atoms with E-state index in [-0.39, 0.29) is 6.54 Å². The van der Waals surface area contributed by atoms with Crippen LogP contribution in [0.5, 0.6) is 0 Å². The molecule has 0 saturated carbocycles. The van der Waals surface area contributed by atoms with Gasteiger partial charge in [0.25, 0.3) is 0 Å². The predicted molar refractivity (Wildman–Crippen MR) is 48.3 cm³/mol. The standard InChI is InChI=1S/C8H16N2O3/c1-8(2,3)13-7(12)10-6(4-9)5-11/h5-6H,4,9H2,1-3H3,(H,10,12). The lowest BCUT2D eigenvalue weighted by atomic mass is 10.2. The van der Waals surface area contributed by atoms with Crippen LogP contribution < -0.4 is 11.1 Å². The summed E-state index contributed by atoms with van der Waals surface area (Å²) in [6, 6.07) is -0.671. The Hall–Kier alpha value is -1.10. The Balaban J connectivity index is 3.93. The highest BCUT2D eigenvalue weighted by atomic mass is 16.6. The van der Waals surface area contributed by atoms with Gasteiger partial charge in [0.15, 0.2) is 0 Å². The largest absolute Gasteiger partial charge is 0.444 e. The van der Waals surface area contributed by atoms with E-state index in [9.17, 15) is 9.59 Å². The lowest BCUT2D eigenvalue weighted by Gasteiger charge is -2.20. The molecular formula is C8H16N2O3. The molecule has 1 amide bonds. The van der Waals surface area contributed by atoms with Crippen LogP contribution in [0, 0.1) is 0 Å². The van der Waals surface area contributed by atoms with E-state index in [4.69, 9.17) is 10.5 Å². The number of amides is 1. The minimum absolute atomic E-state index is 0.0722. The first-order chi connectivity index (χ1) is 5.89. The quantitative estimate of drug-likeness (QED) is 0.612. The van der Waals surface area contributed by atoms with Crippen LogP contribution in [0.15, 0.2) is 0 Å². The number of aldehydes is 1. The fourth-order valence-electron chi connectivity index (χ4n) is 0.607. The van der Waals surface area contributed by atoms with Gasteiger partial charge in [-0.2, -0.15) is 0 Å². The van der Waals surface area contributed by atoms with Crippen molar-refractivity contribution in [2.75, 3.05) is 6.54 Å². The Morgan fingerprint density at radius 2 is 2.15 bits per heavy atom. The SMILES string of the molecule is CC(C)(C)OC(=O)NC(C=O)CN. The zero-order valence-corrected chi connectivity index (χ0v) is 8.16. The lowest BCUT2D eigenvalue weighted by Crippen LogP contribution is -2.43. The fraction of sp³-hybridized carbons (Fsp3) is 0.750. The molecule has 0 spiro atoms. The molecule has 0 aromatic carbocycles. The fourth-order valence-corrected chi connectivity index (χ4v) is 0.607. The third-order valence-electron chi connectivity index (χ3n) is 1.12. The van der Waals surface area contributed by atoms with Gasteiger partial charge in [0.1, 0.15) is 11.9 Å². The Kier molecular flexibility index (Phi) is 4.40. The van der Waals surface area contributed by atoms with Crippen molar-refractivity contribution in [2.24, 2.45) is 5.73 Å². The first kappa shape index (κ1) is 11.9. The van der Waals surface area contributed by atoms with Gasteiger partial charge in [-0.05, 0) is 20.8 Å². The third kappa shape index (κ3) is 6.10. The Bertz CT molecular complexity index is 186. The van der Waals surface area contributed by atoms with E-state index in [0.29, 0.717) is 6.29 Å². The second kappa shape index (κ2) is 4.81. The van der Waals surface area contributed by atoms with Crippen molar-refractivity contribution < 1.29 is 14.3 Å². The predicted octanol–water partition coefficient (Wildman–Crippen LogP) is 0.0373. The lowest BCUT2D eigenvalue weighted by molar-refractivity contribution is -0.109. The molecule has 13 heavy (non-hydrogen) atoms. The molecule has 0 radical (unpaired) electrons. The molecule has 3 N–H and O–H groups in total. The van der Waals surface area contributed by atoms with E-state index in [0.717, 1.165) is 0 Å². The minimum atomic E-state index is -0.671. The van der Waals surface area contributed by atoms with Crippen molar-refractivity contribution in [2.45, 2.75) is 32.4 Å². The third-order valence-corrected chi connectivity index (χ3v) is 1.12. The highest BCUT2D eigenvalue weighted by Gasteiger charge is 2.18. The Morgan fingerprint density at radius 3 is 2.46 bits per heavy atom. The van der Waals surface area contributed by atoms with Crippen molar-refractivity contribution in [3.8, 4) is 0 Å². The molecular weight excluding hydrogens is 172 g/mol. The zero-order chi connectivity index (χ0) is 10.5. The topological polar surface area (TPSA) is 81.4 Å². The molecule has 1 atom stereocenters. The molecule has 0 rings (SSSR count). The summed E-state index contributed by atoms with van der Waals surface area (Å²) in [5.41, 5.74) is 4.63. The monoisotopic (exact) mass is 188 g/mol. The molecule has 0 saturated heterocycles. The second-order valence-electron chi connectivity index (χ2n) is 3.62. The highest BCUT2D eigenvalue weighted by Crippen LogP contribution is 2.06. The summed E-state index contributed by atoms with van der Waals surface area (Å²) in [6.07, 6.45) is -0.0562. The molecule has 0 aliphatic rings. The number of carbonyl (C=O) groups is 2. The van der Waals surface area contributed by atoms with Crippen LogP contribution in [-0.4, -0.2) is 30.6 Å². The number of carbonyl (C=O) groups excluding carboxylic acids is 2. The van der Waals surface area contributed by atoms with Crippen LogP contribution in [0.3, 0.4) is 0 Å². The number of alkyl carbamates (subject to hydrolysis) is 1. The number of ether oxygens (including phenoxy) is 1. The van der Waals surface area contributed by atoms with Gasteiger partial charge in [0.05, 0.1) is 6.04 Å². The maximum Gasteiger partial charge on any atom is 0.408 e. The highest BCUT2D eigenvalue weighted by molar-refractivity contribution is 5.73. The molecule has 5 nitrogen and oxygen atoms in total. The number of nitrogens with one attached hydrogen (secondary N) is 1. The summed E-state index contributed by atoms with van der Waals surface area (Å²) in [7, 11) is 0. The van der Waals surface area contributed by atoms with E-state index >= 15 is 0 Å². The first-order valence-electron chi connectivity index (χ1n) is 4.04. The summed E-state index contributed by atoms with van der Waals surface area (Å²) in [5, 5.41) is 2.32. The molecule has 0 bridgehead atoms. The molecule has 0 aliphatic carbocycles. The average Bonchev–Trinajstić information content (AvgIpc) is 1.96. The number of nitrogens with two attached hydrogens (primary N) is 1. The van der Waals surface area contributed by atoms with Crippen LogP contribution in [0.4, 0.5) is 4.79 Å². The smallest absolute Gasteiger partial charge is 0.408 e. The summed E-state index contributed by atoms with van der Waals surface area (Å²) in [6.45, 7) is 5.30. The molecule has 0 heterocycles. The number of hydrogen-bond donors (Lipinski definition) is 2. The van der Waals surface area contributed by atoms with E-state index in [1.165, 1.54) is 0 Å². The Labute approximate surface area is 77.6 Å². The van der Waals surface area contributed by atoms with Gasteiger partial charge in [-0.1, -0.05) is 0 Å². The molecule has 0 aromatic rings. The van der Waals surface area contributed by atoms with Crippen molar-refractivity contribution in [1.29, 1.82) is 0 Å². The van der Waals surface area contributed by atoms with E-state index in [1.54, 1.807) is 20.8 Å². The maximum atomic E-state index is 11.0. The van der Waals surface area contributed by atoms with Crippen molar-refractivity contribution >= 4 is 12.4 Å². The second-order valence-corrected chi connectivity index (χ2v) is 3.62. The molecule has 5 heteroatoms. The molecule has 0 aliphatic heterocycles. The molecule has 76 valence electrons. The van der Waals surface area contributed by atoms with Gasteiger partial charge >= 0.3 is 6.09 Å². The molecule has 1 unspecified atom stereocenters. The minimum Gasteiger partial charge on any atom is -0.444 e. The van der Waals surface area contributed by atoms with Gasteiger partial charge in [0, 0.05) is 6.54 Å². The Morgan fingerprint density at radius 1 is 1.62 bits per heavy atom. The number of rotatable bonds is 3. The average molecular weight is 188 g/mol. The van der Waals surface area contributed by atoms with Crippen LogP contribution in [0.25, 0.3) is 0 Å². The van der Waals surface area contributed by atoms with Crippen LogP contribution in [-0.2, 0) is 9.53 Å². The van der Waals surface area contributed by atoms with Crippen LogP contribution >= 0.6 is 0 Å². The van der Waals surface area contributed by atoms with Gasteiger partial charge in [0.2, 0.25) is 0 Å². The summed E-state index contributed by atoms with van der Waals surface area (Å²) in [4.78, 5) is 21.3. The van der Waals surface area contributed by atoms with Crippen LogP contribution in [0.1, 0.15) is 20.8 Å². The van der Waals surface area contributed by atoms with E-state index in [2.05, 4.69) is 5.32 Å². The van der Waals surface area contributed by atoms with E-state index in [1.807, 2.05) is 0 Å². The van der Waals surface area contributed by atoms with E-state index < -0.39 is 17.7 Å². The van der Waals surface area contributed by atoms with Crippen molar-refractivity contribution in [3.05, 3.63) is 0 Å². The summed E-state index contributed by atoms with van der Waals surface area (Å²) < 4.78 is 4.91. The first-order valence-corrected chi connectivity index (χ1v) is 4.04. The summed E-state index contributed by atoms with van der Waals surface area (Å²) >= 11 is 0. The maximum absolute atomic E-state index is 11.0. The summed E-state index contributed by atoms with van der Waals surface area (Å²) in [5.74, 6) is 0. The number of hydrogen-bond acceptors (Lipinski definition) is 4. The van der Waals surface area contributed by atoms with Gasteiger partial charge < -0.3 is 20.6 Å². The van der Waals surface area contributed by atoms with Crippen LogP contribution in [0.2, 0.25) is 0 Å². The van der Waals surface area contributed by atoms with Gasteiger partial charge in [-0.15, -0.1) is 0 Å². The zero-order valence-electron chi connectivity index (χ0n) is 8.16. The van der Waals surface area contributed by atoms with Crippen molar-refractivity contribution in [1.82, 2.24) is 5.32 Å². The molecule has 0 fully saturated rings. The van der Waals surface area contributed by atoms with Gasteiger partial charge in [-0.25, -0.2) is 4.79 Å². The normalized spacial score (nSPS) is 13.2. The molecule has 0 aromatic heterocycles.